The molecular weight excluding hydrogens is 307 g/mol. The molecule has 0 spiro atoms. The van der Waals surface area contributed by atoms with Crippen molar-refractivity contribution in [2.45, 2.75) is 24.0 Å². The molecule has 0 aliphatic heterocycles. The molecule has 0 bridgehead atoms. The summed E-state index contributed by atoms with van der Waals surface area (Å²) in [5, 5.41) is 5.34. The Balaban J connectivity index is 2.63. The minimum Gasteiger partial charge on any atom is -0.338 e. The van der Waals surface area contributed by atoms with Crippen molar-refractivity contribution in [3.05, 3.63) is 28.2 Å². The number of halogens is 2. The standard InChI is InChI=1S/C12H14Cl2N2O2S/c1-3-15-12(18)16-11(17)7(2)19-10-6-8(13)4-5-9(10)14/h4-7H,3H2,1-2H3,(H2,15,16,17,18). The molecule has 7 heteroatoms. The second-order valence-electron chi connectivity index (χ2n) is 3.68. The van der Waals surface area contributed by atoms with Crippen LogP contribution in [0, 0.1) is 0 Å². The summed E-state index contributed by atoms with van der Waals surface area (Å²) in [7, 11) is 0. The summed E-state index contributed by atoms with van der Waals surface area (Å²) in [4.78, 5) is 23.7. The third kappa shape index (κ3) is 5.30. The second kappa shape index (κ2) is 7.62. The molecular formula is C12H14Cl2N2O2S. The van der Waals surface area contributed by atoms with Crippen LogP contribution in [0.1, 0.15) is 13.8 Å². The number of hydrogen-bond donors (Lipinski definition) is 2. The van der Waals surface area contributed by atoms with Crippen LogP contribution >= 0.6 is 35.0 Å². The van der Waals surface area contributed by atoms with Crippen LogP contribution in [0.25, 0.3) is 0 Å². The van der Waals surface area contributed by atoms with E-state index in [-0.39, 0.29) is 5.91 Å². The van der Waals surface area contributed by atoms with E-state index in [1.54, 1.807) is 32.0 Å². The second-order valence-corrected chi connectivity index (χ2v) is 5.91. The minimum absolute atomic E-state index is 0.382. The highest BCUT2D eigenvalue weighted by atomic mass is 35.5. The van der Waals surface area contributed by atoms with Gasteiger partial charge in [-0.2, -0.15) is 0 Å². The summed E-state index contributed by atoms with van der Waals surface area (Å²) in [5.41, 5.74) is 0. The molecule has 3 amide bonds. The molecule has 1 aromatic carbocycles. The van der Waals surface area contributed by atoms with E-state index in [9.17, 15) is 9.59 Å². The van der Waals surface area contributed by atoms with Gasteiger partial charge in [0.25, 0.3) is 0 Å². The number of nitrogens with one attached hydrogen (secondary N) is 2. The topological polar surface area (TPSA) is 58.2 Å². The molecule has 19 heavy (non-hydrogen) atoms. The molecule has 1 unspecified atom stereocenters. The van der Waals surface area contributed by atoms with Gasteiger partial charge in [-0.25, -0.2) is 4.79 Å². The largest absolute Gasteiger partial charge is 0.338 e. The van der Waals surface area contributed by atoms with Crippen LogP contribution < -0.4 is 10.6 Å². The molecule has 1 rings (SSSR count). The summed E-state index contributed by atoms with van der Waals surface area (Å²) in [5.74, 6) is -0.382. The number of thioether (sulfide) groups is 1. The lowest BCUT2D eigenvalue weighted by Crippen LogP contribution is -2.42. The molecule has 2 N–H and O–H groups in total. The van der Waals surface area contributed by atoms with Gasteiger partial charge in [-0.15, -0.1) is 11.8 Å². The Morgan fingerprint density at radius 3 is 2.68 bits per heavy atom. The predicted octanol–water partition coefficient (Wildman–Crippen LogP) is 3.32. The zero-order valence-electron chi connectivity index (χ0n) is 10.5. The van der Waals surface area contributed by atoms with Crippen molar-refractivity contribution in [2.75, 3.05) is 6.54 Å². The number of urea groups is 1. The summed E-state index contributed by atoms with van der Waals surface area (Å²) >= 11 is 13.1. The van der Waals surface area contributed by atoms with E-state index in [2.05, 4.69) is 10.6 Å². The Morgan fingerprint density at radius 1 is 1.37 bits per heavy atom. The number of benzene rings is 1. The highest BCUT2D eigenvalue weighted by Gasteiger charge is 2.18. The molecule has 0 aromatic heterocycles. The lowest BCUT2D eigenvalue weighted by atomic mass is 10.4. The van der Waals surface area contributed by atoms with Gasteiger partial charge in [0.05, 0.1) is 10.3 Å². The number of hydrogen-bond acceptors (Lipinski definition) is 3. The first-order chi connectivity index (χ1) is 8.93. The zero-order valence-corrected chi connectivity index (χ0v) is 12.8. The average molecular weight is 321 g/mol. The number of rotatable bonds is 4. The number of carbonyl (C=O) groups excluding carboxylic acids is 2. The molecule has 4 nitrogen and oxygen atoms in total. The number of carbonyl (C=O) groups is 2. The molecule has 0 aliphatic carbocycles. The summed E-state index contributed by atoms with van der Waals surface area (Å²) < 4.78 is 0. The van der Waals surface area contributed by atoms with Crippen LogP contribution in [-0.2, 0) is 4.79 Å². The highest BCUT2D eigenvalue weighted by Crippen LogP contribution is 2.32. The van der Waals surface area contributed by atoms with E-state index in [0.29, 0.717) is 21.5 Å². The first-order valence-electron chi connectivity index (χ1n) is 5.64. The third-order valence-electron chi connectivity index (χ3n) is 2.14. The van der Waals surface area contributed by atoms with Crippen molar-refractivity contribution in [1.82, 2.24) is 10.6 Å². The van der Waals surface area contributed by atoms with Gasteiger partial charge in [0.15, 0.2) is 0 Å². The van der Waals surface area contributed by atoms with Crippen LogP contribution in [0.4, 0.5) is 4.79 Å². The van der Waals surface area contributed by atoms with Crippen LogP contribution in [0.15, 0.2) is 23.1 Å². The van der Waals surface area contributed by atoms with Gasteiger partial charge in [-0.05, 0) is 32.0 Å². The van der Waals surface area contributed by atoms with Gasteiger partial charge in [-0.3, -0.25) is 10.1 Å². The fourth-order valence-corrected chi connectivity index (χ4v) is 2.64. The van der Waals surface area contributed by atoms with Gasteiger partial charge in [-0.1, -0.05) is 23.2 Å². The lowest BCUT2D eigenvalue weighted by molar-refractivity contribution is -0.119. The SMILES string of the molecule is CCNC(=O)NC(=O)C(C)Sc1cc(Cl)ccc1Cl. The quantitative estimate of drug-likeness (QED) is 0.837. The van der Waals surface area contributed by atoms with Crippen molar-refractivity contribution in [1.29, 1.82) is 0 Å². The minimum atomic E-state index is -0.503. The monoisotopic (exact) mass is 320 g/mol. The molecule has 0 fully saturated rings. The van der Waals surface area contributed by atoms with Crippen LogP contribution in [0.3, 0.4) is 0 Å². The summed E-state index contributed by atoms with van der Waals surface area (Å²) in [6.07, 6.45) is 0. The van der Waals surface area contributed by atoms with E-state index in [1.165, 1.54) is 11.8 Å². The van der Waals surface area contributed by atoms with Gasteiger partial charge < -0.3 is 5.32 Å². The fraction of sp³-hybridized carbons (Fsp3) is 0.333. The van der Waals surface area contributed by atoms with Crippen LogP contribution in [0.2, 0.25) is 10.0 Å². The first-order valence-corrected chi connectivity index (χ1v) is 7.28. The van der Waals surface area contributed by atoms with Gasteiger partial charge >= 0.3 is 6.03 Å². The third-order valence-corrected chi connectivity index (χ3v) is 3.98. The fourth-order valence-electron chi connectivity index (χ4n) is 1.23. The lowest BCUT2D eigenvalue weighted by Gasteiger charge is -2.12. The number of imide groups is 1. The average Bonchev–Trinajstić information content (AvgIpc) is 2.34. The highest BCUT2D eigenvalue weighted by molar-refractivity contribution is 8.00. The van der Waals surface area contributed by atoms with Crippen LogP contribution in [-0.4, -0.2) is 23.7 Å². The normalized spacial score (nSPS) is 11.8. The van der Waals surface area contributed by atoms with E-state index >= 15 is 0 Å². The van der Waals surface area contributed by atoms with E-state index < -0.39 is 11.3 Å². The van der Waals surface area contributed by atoms with Crippen molar-refractivity contribution < 1.29 is 9.59 Å². The Bertz CT molecular complexity index is 483. The Morgan fingerprint density at radius 2 is 2.05 bits per heavy atom. The maximum atomic E-state index is 11.8. The zero-order chi connectivity index (χ0) is 14.4. The molecule has 0 saturated heterocycles. The molecule has 0 radical (unpaired) electrons. The van der Waals surface area contributed by atoms with Gasteiger partial charge in [0.1, 0.15) is 0 Å². The molecule has 0 heterocycles. The smallest absolute Gasteiger partial charge is 0.321 e. The van der Waals surface area contributed by atoms with Gasteiger partial charge in [0, 0.05) is 16.5 Å². The van der Waals surface area contributed by atoms with Crippen molar-refractivity contribution >= 4 is 46.9 Å². The number of amides is 3. The van der Waals surface area contributed by atoms with Crippen molar-refractivity contribution in [3.63, 3.8) is 0 Å². The Labute approximate surface area is 126 Å². The predicted molar refractivity (Wildman–Crippen MR) is 79.0 cm³/mol. The Hall–Kier alpha value is -0.910. The van der Waals surface area contributed by atoms with Crippen molar-refractivity contribution in [2.24, 2.45) is 0 Å². The van der Waals surface area contributed by atoms with Crippen molar-refractivity contribution in [3.8, 4) is 0 Å². The maximum absolute atomic E-state index is 11.8. The van der Waals surface area contributed by atoms with Crippen LogP contribution in [0.5, 0.6) is 0 Å². The van der Waals surface area contributed by atoms with Gasteiger partial charge in [0.2, 0.25) is 5.91 Å². The van der Waals surface area contributed by atoms with E-state index in [4.69, 9.17) is 23.2 Å². The van der Waals surface area contributed by atoms with E-state index in [0.717, 1.165) is 0 Å². The molecule has 104 valence electrons. The Kier molecular flexibility index (Phi) is 6.48. The summed E-state index contributed by atoms with van der Waals surface area (Å²) in [6, 6.07) is 4.52. The summed E-state index contributed by atoms with van der Waals surface area (Å²) in [6.45, 7) is 3.92. The maximum Gasteiger partial charge on any atom is 0.321 e. The molecule has 0 aliphatic rings. The molecule has 1 aromatic rings. The molecule has 1 atom stereocenters. The molecule has 0 saturated carbocycles. The first kappa shape index (κ1) is 16.1. The van der Waals surface area contributed by atoms with E-state index in [1.807, 2.05) is 0 Å².